The number of hydrogen-bond acceptors (Lipinski definition) is 3. The Kier molecular flexibility index (Phi) is 4.37. The lowest BCUT2D eigenvalue weighted by atomic mass is 10.1. The molecule has 0 unspecified atom stereocenters. The predicted octanol–water partition coefficient (Wildman–Crippen LogP) is 3.02. The molecule has 0 aliphatic heterocycles. The van der Waals surface area contributed by atoms with Crippen molar-refractivity contribution in [1.29, 1.82) is 0 Å². The smallest absolute Gasteiger partial charge is 0.339 e. The molecule has 3 N–H and O–H groups in total. The zero-order valence-electron chi connectivity index (χ0n) is 10.9. The molecule has 2 rings (SSSR count). The van der Waals surface area contributed by atoms with E-state index in [0.717, 1.165) is 6.07 Å². The maximum absolute atomic E-state index is 13.0. The zero-order chi connectivity index (χ0) is 15.4. The van der Waals surface area contributed by atoms with Crippen molar-refractivity contribution in [1.82, 2.24) is 0 Å². The largest absolute Gasteiger partial charge is 0.507 e. The lowest BCUT2D eigenvalue weighted by Crippen LogP contribution is -2.06. The number of anilines is 1. The SMILES string of the molecule is O=C(O)c1cc(NCCc2cc(F)cc(F)c2)ccc1O. The van der Waals surface area contributed by atoms with Crippen molar-refractivity contribution in [2.24, 2.45) is 0 Å². The summed E-state index contributed by atoms with van der Waals surface area (Å²) in [4.78, 5) is 10.9. The molecule has 0 saturated carbocycles. The Morgan fingerprint density at radius 2 is 1.76 bits per heavy atom. The summed E-state index contributed by atoms with van der Waals surface area (Å²) in [6.45, 7) is 0.368. The standard InChI is InChI=1S/C15H13F2NO3/c16-10-5-9(6-11(17)7-10)3-4-18-12-1-2-14(19)13(8-12)15(20)21/h1-2,5-8,18-19H,3-4H2,(H,20,21). The molecule has 0 aromatic heterocycles. The number of hydrogen-bond donors (Lipinski definition) is 3. The molecule has 2 aromatic carbocycles. The summed E-state index contributed by atoms with van der Waals surface area (Å²) >= 11 is 0. The highest BCUT2D eigenvalue weighted by atomic mass is 19.1. The number of phenols is 1. The van der Waals surface area contributed by atoms with Crippen LogP contribution in [-0.4, -0.2) is 22.7 Å². The van der Waals surface area contributed by atoms with Gasteiger partial charge < -0.3 is 15.5 Å². The highest BCUT2D eigenvalue weighted by Gasteiger charge is 2.10. The molecule has 0 fully saturated rings. The summed E-state index contributed by atoms with van der Waals surface area (Å²) in [6.07, 6.45) is 0.373. The predicted molar refractivity (Wildman–Crippen MR) is 73.6 cm³/mol. The van der Waals surface area contributed by atoms with Gasteiger partial charge in [-0.1, -0.05) is 0 Å². The molecule has 0 aliphatic rings. The Morgan fingerprint density at radius 1 is 1.10 bits per heavy atom. The minimum Gasteiger partial charge on any atom is -0.507 e. The van der Waals surface area contributed by atoms with Crippen molar-refractivity contribution >= 4 is 11.7 Å². The van der Waals surface area contributed by atoms with E-state index in [-0.39, 0.29) is 11.3 Å². The first kappa shape index (κ1) is 14.8. The number of carboxylic acid groups (broad SMARTS) is 1. The molecule has 21 heavy (non-hydrogen) atoms. The molecule has 0 spiro atoms. The van der Waals surface area contributed by atoms with Gasteiger partial charge in [-0.25, -0.2) is 13.6 Å². The number of aromatic carboxylic acids is 1. The van der Waals surface area contributed by atoms with E-state index in [0.29, 0.717) is 24.2 Å². The zero-order valence-corrected chi connectivity index (χ0v) is 10.9. The van der Waals surface area contributed by atoms with Crippen LogP contribution in [0.15, 0.2) is 36.4 Å². The van der Waals surface area contributed by atoms with Crippen molar-refractivity contribution in [3.8, 4) is 5.75 Å². The highest BCUT2D eigenvalue weighted by molar-refractivity contribution is 5.91. The molecule has 0 saturated heterocycles. The van der Waals surface area contributed by atoms with E-state index in [4.69, 9.17) is 5.11 Å². The van der Waals surface area contributed by atoms with Gasteiger partial charge >= 0.3 is 5.97 Å². The molecule has 6 heteroatoms. The second kappa shape index (κ2) is 6.21. The number of rotatable bonds is 5. The minimum atomic E-state index is -1.23. The van der Waals surface area contributed by atoms with Gasteiger partial charge in [0.15, 0.2) is 0 Å². The monoisotopic (exact) mass is 293 g/mol. The number of benzene rings is 2. The number of aromatic hydroxyl groups is 1. The van der Waals surface area contributed by atoms with Crippen molar-refractivity contribution < 1.29 is 23.8 Å². The van der Waals surface area contributed by atoms with Gasteiger partial charge in [0.25, 0.3) is 0 Å². The maximum Gasteiger partial charge on any atom is 0.339 e. The Labute approximate surface area is 119 Å². The van der Waals surface area contributed by atoms with Gasteiger partial charge in [-0.2, -0.15) is 0 Å². The van der Waals surface area contributed by atoms with E-state index in [1.165, 1.54) is 30.3 Å². The van der Waals surface area contributed by atoms with Gasteiger partial charge in [0.05, 0.1) is 0 Å². The Hall–Kier alpha value is -2.63. The third-order valence-electron chi connectivity index (χ3n) is 2.89. The van der Waals surface area contributed by atoms with Crippen molar-refractivity contribution in [3.05, 3.63) is 59.2 Å². The lowest BCUT2D eigenvalue weighted by molar-refractivity contribution is 0.0694. The molecular weight excluding hydrogens is 280 g/mol. The third-order valence-corrected chi connectivity index (χ3v) is 2.89. The fourth-order valence-electron chi connectivity index (χ4n) is 1.92. The number of carbonyl (C=O) groups is 1. The second-order valence-corrected chi connectivity index (χ2v) is 4.49. The number of nitrogens with one attached hydrogen (secondary N) is 1. The maximum atomic E-state index is 13.0. The van der Waals surface area contributed by atoms with E-state index in [1.807, 2.05) is 0 Å². The summed E-state index contributed by atoms with van der Waals surface area (Å²) in [5, 5.41) is 21.2. The van der Waals surface area contributed by atoms with E-state index >= 15 is 0 Å². The van der Waals surface area contributed by atoms with Crippen molar-refractivity contribution in [3.63, 3.8) is 0 Å². The lowest BCUT2D eigenvalue weighted by Gasteiger charge is -2.08. The molecular formula is C15H13F2NO3. The third kappa shape index (κ3) is 3.92. The average molecular weight is 293 g/mol. The highest BCUT2D eigenvalue weighted by Crippen LogP contribution is 2.21. The molecule has 110 valence electrons. The summed E-state index contributed by atoms with van der Waals surface area (Å²) in [5.74, 6) is -2.82. The second-order valence-electron chi connectivity index (χ2n) is 4.49. The molecule has 0 amide bonds. The molecule has 0 radical (unpaired) electrons. The normalized spacial score (nSPS) is 10.4. The van der Waals surface area contributed by atoms with Gasteiger partial charge in [-0.05, 0) is 42.3 Å². The van der Waals surface area contributed by atoms with Crippen LogP contribution in [-0.2, 0) is 6.42 Å². The van der Waals surface area contributed by atoms with E-state index in [9.17, 15) is 18.7 Å². The number of carboxylic acids is 1. The molecule has 0 bridgehead atoms. The van der Waals surface area contributed by atoms with E-state index < -0.39 is 17.6 Å². The molecule has 4 nitrogen and oxygen atoms in total. The minimum absolute atomic E-state index is 0.211. The Bertz CT molecular complexity index is 654. The van der Waals surface area contributed by atoms with Crippen LogP contribution in [0.5, 0.6) is 5.75 Å². The van der Waals surface area contributed by atoms with Gasteiger partial charge in [-0.15, -0.1) is 0 Å². The average Bonchev–Trinajstić information content (AvgIpc) is 2.39. The van der Waals surface area contributed by atoms with Crippen LogP contribution in [0.3, 0.4) is 0 Å². The first-order chi connectivity index (χ1) is 9.95. The molecule has 0 atom stereocenters. The van der Waals surface area contributed by atoms with E-state index in [1.54, 1.807) is 0 Å². The summed E-state index contributed by atoms with van der Waals surface area (Å²) < 4.78 is 26.0. The van der Waals surface area contributed by atoms with Gasteiger partial charge in [-0.3, -0.25) is 0 Å². The van der Waals surface area contributed by atoms with Crippen LogP contribution >= 0.6 is 0 Å². The Morgan fingerprint density at radius 3 is 2.38 bits per heavy atom. The van der Waals surface area contributed by atoms with Crippen molar-refractivity contribution in [2.75, 3.05) is 11.9 Å². The van der Waals surface area contributed by atoms with Crippen LogP contribution in [0, 0.1) is 11.6 Å². The molecule has 0 aliphatic carbocycles. The molecule has 2 aromatic rings. The Balaban J connectivity index is 2.00. The van der Waals surface area contributed by atoms with E-state index in [2.05, 4.69) is 5.32 Å². The first-order valence-electron chi connectivity index (χ1n) is 6.21. The summed E-state index contributed by atoms with van der Waals surface area (Å²) in [6, 6.07) is 7.37. The first-order valence-corrected chi connectivity index (χ1v) is 6.21. The summed E-state index contributed by atoms with van der Waals surface area (Å²) in [5.41, 5.74) is 0.788. The number of halogens is 2. The van der Waals surface area contributed by atoms with Crippen LogP contribution in [0.25, 0.3) is 0 Å². The topological polar surface area (TPSA) is 69.6 Å². The summed E-state index contributed by atoms with van der Waals surface area (Å²) in [7, 11) is 0. The van der Waals surface area contributed by atoms with Gasteiger partial charge in [0.2, 0.25) is 0 Å². The van der Waals surface area contributed by atoms with Crippen LogP contribution in [0.1, 0.15) is 15.9 Å². The van der Waals surface area contributed by atoms with Crippen LogP contribution in [0.2, 0.25) is 0 Å². The fourth-order valence-corrected chi connectivity index (χ4v) is 1.92. The van der Waals surface area contributed by atoms with Crippen LogP contribution < -0.4 is 5.32 Å². The van der Waals surface area contributed by atoms with Gasteiger partial charge in [0, 0.05) is 18.3 Å². The van der Waals surface area contributed by atoms with Crippen LogP contribution in [0.4, 0.5) is 14.5 Å². The van der Waals surface area contributed by atoms with Crippen molar-refractivity contribution in [2.45, 2.75) is 6.42 Å². The molecule has 0 heterocycles. The fraction of sp³-hybridized carbons (Fsp3) is 0.133. The van der Waals surface area contributed by atoms with Gasteiger partial charge in [0.1, 0.15) is 22.9 Å². The quantitative estimate of drug-likeness (QED) is 0.741.